The summed E-state index contributed by atoms with van der Waals surface area (Å²) < 4.78 is 16.8. The molecule has 2 aromatic carbocycles. The standard InChI is InChI=1S/C19H21NO4/c1-3-22-15-10-8-14(9-11-15)12-20(2)19(21)18-13-23-16-6-4-5-7-17(16)24-18/h4-11,18H,3,12-13H2,1-2H3. The smallest absolute Gasteiger partial charge is 0.267 e. The zero-order valence-electron chi connectivity index (χ0n) is 13.9. The van der Waals surface area contributed by atoms with Crippen LogP contribution in [-0.4, -0.2) is 37.2 Å². The van der Waals surface area contributed by atoms with Crippen LogP contribution in [0.1, 0.15) is 12.5 Å². The molecule has 3 rings (SSSR count). The molecule has 1 unspecified atom stereocenters. The number of amides is 1. The van der Waals surface area contributed by atoms with Crippen LogP contribution >= 0.6 is 0 Å². The van der Waals surface area contributed by atoms with E-state index in [9.17, 15) is 4.79 Å². The van der Waals surface area contributed by atoms with Crippen LogP contribution in [0.4, 0.5) is 0 Å². The Bertz CT molecular complexity index is 699. The molecule has 1 amide bonds. The number of likely N-dealkylation sites (N-methyl/N-ethyl adjacent to an activating group) is 1. The van der Waals surface area contributed by atoms with Crippen molar-refractivity contribution in [2.24, 2.45) is 0 Å². The van der Waals surface area contributed by atoms with E-state index in [0.29, 0.717) is 24.7 Å². The zero-order chi connectivity index (χ0) is 16.9. The molecule has 0 saturated carbocycles. The number of carbonyl (C=O) groups is 1. The molecule has 0 N–H and O–H groups in total. The van der Waals surface area contributed by atoms with Crippen molar-refractivity contribution in [3.8, 4) is 17.2 Å². The molecule has 0 spiro atoms. The van der Waals surface area contributed by atoms with Crippen molar-refractivity contribution in [2.45, 2.75) is 19.6 Å². The van der Waals surface area contributed by atoms with Crippen molar-refractivity contribution in [3.63, 3.8) is 0 Å². The van der Waals surface area contributed by atoms with E-state index in [2.05, 4.69) is 0 Å². The van der Waals surface area contributed by atoms with Gasteiger partial charge in [-0.05, 0) is 36.8 Å². The highest BCUT2D eigenvalue weighted by atomic mass is 16.6. The Morgan fingerprint density at radius 2 is 1.88 bits per heavy atom. The summed E-state index contributed by atoms with van der Waals surface area (Å²) in [5, 5.41) is 0. The summed E-state index contributed by atoms with van der Waals surface area (Å²) >= 11 is 0. The van der Waals surface area contributed by atoms with Gasteiger partial charge in [0.05, 0.1) is 6.61 Å². The number of nitrogens with zero attached hydrogens (tertiary/aromatic N) is 1. The summed E-state index contributed by atoms with van der Waals surface area (Å²) in [5.41, 5.74) is 1.03. The summed E-state index contributed by atoms with van der Waals surface area (Å²) in [6.45, 7) is 3.32. The summed E-state index contributed by atoms with van der Waals surface area (Å²) in [7, 11) is 1.77. The Kier molecular flexibility index (Phi) is 4.89. The molecule has 0 saturated heterocycles. The molecule has 24 heavy (non-hydrogen) atoms. The number of fused-ring (bicyclic) bond motifs is 1. The lowest BCUT2D eigenvalue weighted by atomic mass is 10.2. The summed E-state index contributed by atoms with van der Waals surface area (Å²) in [6, 6.07) is 15.1. The van der Waals surface area contributed by atoms with Crippen LogP contribution in [0, 0.1) is 0 Å². The fourth-order valence-electron chi connectivity index (χ4n) is 2.60. The molecule has 1 atom stereocenters. The van der Waals surface area contributed by atoms with Gasteiger partial charge in [0.1, 0.15) is 12.4 Å². The number of rotatable bonds is 5. The predicted octanol–water partition coefficient (Wildman–Crippen LogP) is 2.88. The number of carbonyl (C=O) groups excluding carboxylic acids is 1. The van der Waals surface area contributed by atoms with Crippen molar-refractivity contribution in [2.75, 3.05) is 20.3 Å². The van der Waals surface area contributed by atoms with Gasteiger partial charge >= 0.3 is 0 Å². The minimum atomic E-state index is -0.618. The first-order valence-electron chi connectivity index (χ1n) is 8.02. The van der Waals surface area contributed by atoms with Crippen molar-refractivity contribution in [1.82, 2.24) is 4.90 Å². The second-order valence-corrected chi connectivity index (χ2v) is 5.64. The summed E-state index contributed by atoms with van der Waals surface area (Å²) in [5.74, 6) is 2.02. The highest BCUT2D eigenvalue weighted by Gasteiger charge is 2.29. The average Bonchev–Trinajstić information content (AvgIpc) is 2.62. The Balaban J connectivity index is 1.61. The SMILES string of the molecule is CCOc1ccc(CN(C)C(=O)C2COc3ccccc3O2)cc1. The van der Waals surface area contributed by atoms with Gasteiger partial charge in [-0.15, -0.1) is 0 Å². The molecule has 0 bridgehead atoms. The predicted molar refractivity (Wildman–Crippen MR) is 90.4 cm³/mol. The Hall–Kier alpha value is -2.69. The van der Waals surface area contributed by atoms with Gasteiger partial charge < -0.3 is 19.1 Å². The van der Waals surface area contributed by atoms with E-state index in [1.165, 1.54) is 0 Å². The molecule has 5 nitrogen and oxygen atoms in total. The van der Waals surface area contributed by atoms with E-state index in [-0.39, 0.29) is 12.5 Å². The molecule has 0 radical (unpaired) electrons. The van der Waals surface area contributed by atoms with Gasteiger partial charge in [0, 0.05) is 13.6 Å². The number of hydrogen-bond donors (Lipinski definition) is 0. The van der Waals surface area contributed by atoms with Gasteiger partial charge in [0.2, 0.25) is 6.10 Å². The first kappa shape index (κ1) is 16.2. The van der Waals surface area contributed by atoms with Gasteiger partial charge in [-0.3, -0.25) is 4.79 Å². The number of para-hydroxylation sites is 2. The van der Waals surface area contributed by atoms with Gasteiger partial charge in [-0.1, -0.05) is 24.3 Å². The van der Waals surface area contributed by atoms with E-state index in [0.717, 1.165) is 11.3 Å². The van der Waals surface area contributed by atoms with Crippen LogP contribution in [0.2, 0.25) is 0 Å². The third-order valence-corrected chi connectivity index (χ3v) is 3.81. The van der Waals surface area contributed by atoms with Crippen LogP contribution in [0.5, 0.6) is 17.2 Å². The molecule has 1 aliphatic heterocycles. The Morgan fingerprint density at radius 1 is 1.17 bits per heavy atom. The van der Waals surface area contributed by atoms with Gasteiger partial charge in [0.15, 0.2) is 11.5 Å². The second kappa shape index (κ2) is 7.25. The van der Waals surface area contributed by atoms with Crippen molar-refractivity contribution >= 4 is 5.91 Å². The van der Waals surface area contributed by atoms with Crippen molar-refractivity contribution in [3.05, 3.63) is 54.1 Å². The van der Waals surface area contributed by atoms with E-state index in [1.54, 1.807) is 18.0 Å². The van der Waals surface area contributed by atoms with E-state index in [1.807, 2.05) is 49.4 Å². The lowest BCUT2D eigenvalue weighted by Gasteiger charge is -2.28. The first-order valence-corrected chi connectivity index (χ1v) is 8.02. The van der Waals surface area contributed by atoms with Crippen molar-refractivity contribution < 1.29 is 19.0 Å². The highest BCUT2D eigenvalue weighted by molar-refractivity contribution is 5.81. The van der Waals surface area contributed by atoms with Crippen LogP contribution < -0.4 is 14.2 Å². The molecule has 5 heteroatoms. The maximum atomic E-state index is 12.6. The molecular weight excluding hydrogens is 306 g/mol. The monoisotopic (exact) mass is 327 g/mol. The molecule has 2 aromatic rings. The fraction of sp³-hybridized carbons (Fsp3) is 0.316. The van der Waals surface area contributed by atoms with Crippen LogP contribution in [-0.2, 0) is 11.3 Å². The molecule has 1 aliphatic rings. The van der Waals surface area contributed by atoms with E-state index in [4.69, 9.17) is 14.2 Å². The third-order valence-electron chi connectivity index (χ3n) is 3.81. The average molecular weight is 327 g/mol. The Morgan fingerprint density at radius 3 is 2.58 bits per heavy atom. The fourth-order valence-corrected chi connectivity index (χ4v) is 2.60. The summed E-state index contributed by atoms with van der Waals surface area (Å²) in [6.07, 6.45) is -0.618. The van der Waals surface area contributed by atoms with Crippen molar-refractivity contribution in [1.29, 1.82) is 0 Å². The minimum Gasteiger partial charge on any atom is -0.494 e. The van der Waals surface area contributed by atoms with Crippen LogP contribution in [0.15, 0.2) is 48.5 Å². The molecule has 0 aromatic heterocycles. The molecule has 126 valence electrons. The molecule has 0 fully saturated rings. The zero-order valence-corrected chi connectivity index (χ0v) is 13.9. The number of benzene rings is 2. The minimum absolute atomic E-state index is 0.0987. The normalized spacial score (nSPS) is 15.7. The molecular formula is C19H21NO4. The van der Waals surface area contributed by atoms with Gasteiger partial charge in [-0.2, -0.15) is 0 Å². The highest BCUT2D eigenvalue weighted by Crippen LogP contribution is 2.31. The van der Waals surface area contributed by atoms with Gasteiger partial charge in [-0.25, -0.2) is 0 Å². The lowest BCUT2D eigenvalue weighted by molar-refractivity contribution is -0.140. The number of hydrogen-bond acceptors (Lipinski definition) is 4. The van der Waals surface area contributed by atoms with Gasteiger partial charge in [0.25, 0.3) is 5.91 Å². The molecule has 1 heterocycles. The van der Waals surface area contributed by atoms with Crippen LogP contribution in [0.3, 0.4) is 0 Å². The maximum absolute atomic E-state index is 12.6. The van der Waals surface area contributed by atoms with Crippen LogP contribution in [0.25, 0.3) is 0 Å². The van der Waals surface area contributed by atoms with E-state index >= 15 is 0 Å². The number of ether oxygens (including phenoxy) is 3. The Labute approximate surface area is 141 Å². The topological polar surface area (TPSA) is 48.0 Å². The first-order chi connectivity index (χ1) is 11.7. The molecule has 0 aliphatic carbocycles. The lowest BCUT2D eigenvalue weighted by Crippen LogP contribution is -2.44. The quantitative estimate of drug-likeness (QED) is 0.847. The second-order valence-electron chi connectivity index (χ2n) is 5.64. The third kappa shape index (κ3) is 3.62. The van der Waals surface area contributed by atoms with E-state index < -0.39 is 6.10 Å². The summed E-state index contributed by atoms with van der Waals surface area (Å²) in [4.78, 5) is 14.2. The maximum Gasteiger partial charge on any atom is 0.267 e. The largest absolute Gasteiger partial charge is 0.494 e.